The summed E-state index contributed by atoms with van der Waals surface area (Å²) >= 11 is 0. The molecule has 5 nitrogen and oxygen atoms in total. The summed E-state index contributed by atoms with van der Waals surface area (Å²) in [6.07, 6.45) is 6.78. The summed E-state index contributed by atoms with van der Waals surface area (Å²) < 4.78 is 0. The lowest BCUT2D eigenvalue weighted by Gasteiger charge is -1.93. The summed E-state index contributed by atoms with van der Waals surface area (Å²) in [5, 5.41) is 2.90. The number of aromatic nitrogens is 4. The molecule has 0 spiro atoms. The smallest absolute Gasteiger partial charge is 0.181 e. The van der Waals surface area contributed by atoms with Gasteiger partial charge >= 0.3 is 0 Å². The summed E-state index contributed by atoms with van der Waals surface area (Å²) in [5.74, 6) is 0. The van der Waals surface area contributed by atoms with Crippen LogP contribution in [0.1, 0.15) is 5.69 Å². The third-order valence-corrected chi connectivity index (χ3v) is 1.66. The van der Waals surface area contributed by atoms with E-state index in [0.717, 1.165) is 11.2 Å². The Morgan fingerprint density at radius 3 is 3.15 bits per heavy atom. The van der Waals surface area contributed by atoms with E-state index in [0.29, 0.717) is 5.65 Å². The zero-order chi connectivity index (χ0) is 9.10. The van der Waals surface area contributed by atoms with Crippen LogP contribution >= 0.6 is 0 Å². The van der Waals surface area contributed by atoms with Gasteiger partial charge in [0.1, 0.15) is 11.8 Å². The van der Waals surface area contributed by atoms with Crippen molar-refractivity contribution in [3.63, 3.8) is 0 Å². The van der Waals surface area contributed by atoms with Crippen LogP contribution in [-0.4, -0.2) is 27.0 Å². The number of H-pyrrole nitrogens is 1. The highest BCUT2D eigenvalue weighted by molar-refractivity contribution is 5.78. The van der Waals surface area contributed by atoms with Crippen molar-refractivity contribution >= 4 is 17.2 Å². The standard InChI is InChI=1S/C8H9N5/c1-9-3-2-6-7-8(12-4-10-6)13-5-11-7/h2-5,9H,1H3,(H,10,11,12,13)/b3-2-. The number of rotatable bonds is 2. The van der Waals surface area contributed by atoms with E-state index in [9.17, 15) is 0 Å². The Bertz CT molecular complexity index is 431. The topological polar surface area (TPSA) is 66.5 Å². The van der Waals surface area contributed by atoms with Gasteiger partial charge in [0, 0.05) is 7.05 Å². The molecule has 2 aromatic heterocycles. The van der Waals surface area contributed by atoms with E-state index in [1.165, 1.54) is 6.33 Å². The Hall–Kier alpha value is -1.91. The van der Waals surface area contributed by atoms with Crippen molar-refractivity contribution in [3.05, 3.63) is 24.5 Å². The molecule has 0 fully saturated rings. The third kappa shape index (κ3) is 1.35. The molecule has 5 heteroatoms. The van der Waals surface area contributed by atoms with Gasteiger partial charge in [-0.15, -0.1) is 0 Å². The molecule has 0 saturated heterocycles. The van der Waals surface area contributed by atoms with Gasteiger partial charge in [-0.3, -0.25) is 0 Å². The number of aromatic amines is 1. The van der Waals surface area contributed by atoms with Crippen molar-refractivity contribution in [2.45, 2.75) is 0 Å². The van der Waals surface area contributed by atoms with E-state index in [4.69, 9.17) is 0 Å². The van der Waals surface area contributed by atoms with Crippen LogP contribution in [0.25, 0.3) is 17.2 Å². The molecule has 0 atom stereocenters. The van der Waals surface area contributed by atoms with Crippen LogP contribution in [0.3, 0.4) is 0 Å². The zero-order valence-corrected chi connectivity index (χ0v) is 7.15. The molecule has 0 saturated carbocycles. The van der Waals surface area contributed by atoms with Crippen LogP contribution in [0.5, 0.6) is 0 Å². The predicted molar refractivity (Wildman–Crippen MR) is 49.8 cm³/mol. The minimum Gasteiger partial charge on any atom is -0.394 e. The van der Waals surface area contributed by atoms with Gasteiger partial charge in [0.15, 0.2) is 5.65 Å². The average molecular weight is 175 g/mol. The second-order valence-electron chi connectivity index (χ2n) is 2.48. The summed E-state index contributed by atoms with van der Waals surface area (Å²) in [6.45, 7) is 0. The van der Waals surface area contributed by atoms with Crippen molar-refractivity contribution in [1.82, 2.24) is 25.3 Å². The van der Waals surface area contributed by atoms with E-state index in [2.05, 4.69) is 25.3 Å². The normalized spacial score (nSPS) is 11.2. The average Bonchev–Trinajstić information content (AvgIpc) is 2.62. The number of hydrogen-bond acceptors (Lipinski definition) is 4. The maximum Gasteiger partial charge on any atom is 0.181 e. The number of nitrogens with zero attached hydrogens (tertiary/aromatic N) is 3. The molecule has 0 bridgehead atoms. The largest absolute Gasteiger partial charge is 0.394 e. The van der Waals surface area contributed by atoms with Crippen LogP contribution in [0, 0.1) is 0 Å². The van der Waals surface area contributed by atoms with Crippen molar-refractivity contribution < 1.29 is 0 Å². The van der Waals surface area contributed by atoms with Crippen molar-refractivity contribution in [2.24, 2.45) is 0 Å². The molecule has 2 aromatic rings. The molecule has 0 radical (unpaired) electrons. The van der Waals surface area contributed by atoms with E-state index < -0.39 is 0 Å². The monoisotopic (exact) mass is 175 g/mol. The molecule has 66 valence electrons. The first kappa shape index (κ1) is 7.72. The van der Waals surface area contributed by atoms with Gasteiger partial charge in [0.25, 0.3) is 0 Å². The number of nitrogens with one attached hydrogen (secondary N) is 2. The predicted octanol–water partition coefficient (Wildman–Crippen LogP) is 0.543. The van der Waals surface area contributed by atoms with Gasteiger partial charge in [0.05, 0.1) is 12.0 Å². The highest BCUT2D eigenvalue weighted by atomic mass is 15.0. The second kappa shape index (κ2) is 3.22. The first-order chi connectivity index (χ1) is 6.42. The lowest BCUT2D eigenvalue weighted by molar-refractivity contribution is 1.11. The van der Waals surface area contributed by atoms with Gasteiger partial charge in [-0.2, -0.15) is 0 Å². The molecule has 0 aliphatic rings. The summed E-state index contributed by atoms with van der Waals surface area (Å²) in [4.78, 5) is 15.1. The van der Waals surface area contributed by atoms with Crippen molar-refractivity contribution in [2.75, 3.05) is 7.05 Å². The van der Waals surface area contributed by atoms with Crippen LogP contribution in [-0.2, 0) is 0 Å². The molecular weight excluding hydrogens is 166 g/mol. The molecule has 2 heterocycles. The van der Waals surface area contributed by atoms with Gasteiger partial charge in [0.2, 0.25) is 0 Å². The fourth-order valence-corrected chi connectivity index (χ4v) is 1.07. The van der Waals surface area contributed by atoms with Crippen LogP contribution in [0.15, 0.2) is 18.9 Å². The Morgan fingerprint density at radius 1 is 1.38 bits per heavy atom. The van der Waals surface area contributed by atoms with Crippen LogP contribution < -0.4 is 5.32 Å². The van der Waals surface area contributed by atoms with Crippen LogP contribution in [0.2, 0.25) is 0 Å². The molecular formula is C8H9N5. The maximum atomic E-state index is 4.11. The van der Waals surface area contributed by atoms with Crippen LogP contribution in [0.4, 0.5) is 0 Å². The second-order valence-corrected chi connectivity index (χ2v) is 2.48. The third-order valence-electron chi connectivity index (χ3n) is 1.66. The maximum absolute atomic E-state index is 4.11. The lowest BCUT2D eigenvalue weighted by atomic mass is 10.3. The molecule has 0 aliphatic heterocycles. The van der Waals surface area contributed by atoms with Crippen molar-refractivity contribution in [1.29, 1.82) is 0 Å². The molecule has 0 unspecified atom stereocenters. The summed E-state index contributed by atoms with van der Waals surface area (Å²) in [7, 11) is 1.84. The highest BCUT2D eigenvalue weighted by Crippen LogP contribution is 2.09. The van der Waals surface area contributed by atoms with Gasteiger partial charge < -0.3 is 10.3 Å². The first-order valence-corrected chi connectivity index (χ1v) is 3.89. The van der Waals surface area contributed by atoms with Gasteiger partial charge in [-0.25, -0.2) is 15.0 Å². The fraction of sp³-hybridized carbons (Fsp3) is 0.125. The Kier molecular flexibility index (Phi) is 1.91. The molecule has 13 heavy (non-hydrogen) atoms. The number of imidazole rings is 1. The molecule has 2 rings (SSSR count). The Balaban J connectivity index is 2.54. The minimum absolute atomic E-state index is 0.686. The quantitative estimate of drug-likeness (QED) is 0.699. The van der Waals surface area contributed by atoms with E-state index in [1.807, 2.05) is 19.3 Å². The summed E-state index contributed by atoms with van der Waals surface area (Å²) in [5.41, 5.74) is 2.37. The first-order valence-electron chi connectivity index (χ1n) is 3.89. The Morgan fingerprint density at radius 2 is 2.31 bits per heavy atom. The SMILES string of the molecule is CN/C=C\c1ncnc2nc[nH]c12. The van der Waals surface area contributed by atoms with Gasteiger partial charge in [-0.05, 0) is 12.3 Å². The van der Waals surface area contributed by atoms with Crippen molar-refractivity contribution in [3.8, 4) is 0 Å². The highest BCUT2D eigenvalue weighted by Gasteiger charge is 2.00. The fourth-order valence-electron chi connectivity index (χ4n) is 1.07. The van der Waals surface area contributed by atoms with E-state index in [-0.39, 0.29) is 0 Å². The molecule has 0 aliphatic carbocycles. The molecule has 2 N–H and O–H groups in total. The number of fused-ring (bicyclic) bond motifs is 1. The molecule has 0 amide bonds. The zero-order valence-electron chi connectivity index (χ0n) is 7.15. The Labute approximate surface area is 74.9 Å². The van der Waals surface area contributed by atoms with E-state index >= 15 is 0 Å². The number of hydrogen-bond donors (Lipinski definition) is 2. The van der Waals surface area contributed by atoms with E-state index in [1.54, 1.807) is 6.33 Å². The lowest BCUT2D eigenvalue weighted by Crippen LogP contribution is -1.92. The minimum atomic E-state index is 0.686. The van der Waals surface area contributed by atoms with Gasteiger partial charge in [-0.1, -0.05) is 0 Å². The molecule has 0 aromatic carbocycles. The summed E-state index contributed by atoms with van der Waals surface area (Å²) in [6, 6.07) is 0.